The highest BCUT2D eigenvalue weighted by Crippen LogP contribution is 2.27. The molecule has 0 bridgehead atoms. The number of hydrogen-bond acceptors (Lipinski definition) is 8. The molecule has 1 aliphatic heterocycles. The molecule has 1 saturated heterocycles. The number of H-pyrrole nitrogens is 1. The first-order chi connectivity index (χ1) is 15.6. The SMILES string of the molecule is C=N/C=C\Nc1nc(Nc2ccc3[nH]c(C)c(C)c3c2)cc(OCCN2CCOCC2)n1. The van der Waals surface area contributed by atoms with Crippen LogP contribution in [0.1, 0.15) is 11.3 Å². The first-order valence-electron chi connectivity index (χ1n) is 10.7. The summed E-state index contributed by atoms with van der Waals surface area (Å²) in [5, 5.41) is 7.56. The summed E-state index contributed by atoms with van der Waals surface area (Å²) in [6.07, 6.45) is 3.16. The van der Waals surface area contributed by atoms with E-state index in [2.05, 4.69) is 68.2 Å². The van der Waals surface area contributed by atoms with Crippen molar-refractivity contribution < 1.29 is 9.47 Å². The Balaban J connectivity index is 1.50. The van der Waals surface area contributed by atoms with E-state index in [1.807, 2.05) is 6.07 Å². The van der Waals surface area contributed by atoms with Gasteiger partial charge in [0.2, 0.25) is 11.8 Å². The van der Waals surface area contributed by atoms with Crippen molar-refractivity contribution in [2.24, 2.45) is 4.99 Å². The summed E-state index contributed by atoms with van der Waals surface area (Å²) in [6, 6.07) is 8.01. The van der Waals surface area contributed by atoms with Crippen LogP contribution in [0.25, 0.3) is 10.9 Å². The standard InChI is InChI=1S/C23H29N7O2/c1-16-17(2)26-20-5-4-18(14-19(16)20)27-21-15-22(29-23(28-21)25-7-6-24-3)32-13-10-30-8-11-31-12-9-30/h4-7,14-15,26H,3,8-13H2,1-2H3,(H2,25,27,28,29)/b7-6-. The molecule has 3 N–H and O–H groups in total. The second kappa shape index (κ2) is 10.3. The van der Waals surface area contributed by atoms with Crippen molar-refractivity contribution in [2.75, 3.05) is 50.1 Å². The average molecular weight is 436 g/mol. The van der Waals surface area contributed by atoms with Crippen LogP contribution in [-0.4, -0.2) is 66.0 Å². The number of nitrogens with zero attached hydrogens (tertiary/aromatic N) is 4. The Morgan fingerprint density at radius 2 is 2.09 bits per heavy atom. The van der Waals surface area contributed by atoms with Crippen molar-refractivity contribution in [3.63, 3.8) is 0 Å². The maximum Gasteiger partial charge on any atom is 0.232 e. The second-order valence-corrected chi connectivity index (χ2v) is 7.62. The average Bonchev–Trinajstić information content (AvgIpc) is 3.08. The number of aliphatic imine (C=N–C) groups is 1. The third-order valence-electron chi connectivity index (χ3n) is 5.44. The maximum atomic E-state index is 5.95. The van der Waals surface area contributed by atoms with Gasteiger partial charge in [0.05, 0.1) is 13.2 Å². The van der Waals surface area contributed by atoms with Gasteiger partial charge in [0, 0.05) is 60.4 Å². The summed E-state index contributed by atoms with van der Waals surface area (Å²) in [5.41, 5.74) is 4.46. The molecule has 0 radical (unpaired) electrons. The van der Waals surface area contributed by atoms with Gasteiger partial charge >= 0.3 is 0 Å². The van der Waals surface area contributed by atoms with Crippen molar-refractivity contribution in [3.8, 4) is 5.88 Å². The number of morpholine rings is 1. The highest BCUT2D eigenvalue weighted by Gasteiger charge is 2.12. The summed E-state index contributed by atoms with van der Waals surface area (Å²) in [4.78, 5) is 18.4. The Morgan fingerprint density at radius 3 is 2.91 bits per heavy atom. The summed E-state index contributed by atoms with van der Waals surface area (Å²) in [6.45, 7) is 12.4. The monoisotopic (exact) mass is 435 g/mol. The van der Waals surface area contributed by atoms with Crippen LogP contribution in [0, 0.1) is 13.8 Å². The van der Waals surface area contributed by atoms with Gasteiger partial charge < -0.3 is 25.1 Å². The molecule has 32 heavy (non-hydrogen) atoms. The number of hydrogen-bond donors (Lipinski definition) is 3. The van der Waals surface area contributed by atoms with E-state index >= 15 is 0 Å². The van der Waals surface area contributed by atoms with Gasteiger partial charge in [0.15, 0.2) is 0 Å². The Labute approximate surface area is 187 Å². The van der Waals surface area contributed by atoms with Gasteiger partial charge in [-0.2, -0.15) is 9.97 Å². The molecule has 9 heteroatoms. The van der Waals surface area contributed by atoms with Crippen LogP contribution in [0.15, 0.2) is 41.7 Å². The summed E-state index contributed by atoms with van der Waals surface area (Å²) in [5.74, 6) is 1.53. The third kappa shape index (κ3) is 5.43. The van der Waals surface area contributed by atoms with Crippen molar-refractivity contribution in [3.05, 3.63) is 47.9 Å². The number of aromatic nitrogens is 3. The van der Waals surface area contributed by atoms with Crippen LogP contribution >= 0.6 is 0 Å². The number of nitrogens with one attached hydrogen (secondary N) is 3. The van der Waals surface area contributed by atoms with Crippen LogP contribution in [0.5, 0.6) is 5.88 Å². The van der Waals surface area contributed by atoms with Crippen LogP contribution < -0.4 is 15.4 Å². The lowest BCUT2D eigenvalue weighted by atomic mass is 10.1. The molecule has 2 aromatic heterocycles. The first-order valence-corrected chi connectivity index (χ1v) is 10.7. The lowest BCUT2D eigenvalue weighted by Crippen LogP contribution is -2.38. The maximum absolute atomic E-state index is 5.95. The van der Waals surface area contributed by atoms with E-state index in [1.165, 1.54) is 22.8 Å². The molecule has 0 atom stereocenters. The molecule has 168 valence electrons. The van der Waals surface area contributed by atoms with E-state index in [-0.39, 0.29) is 0 Å². The van der Waals surface area contributed by atoms with E-state index in [9.17, 15) is 0 Å². The fourth-order valence-electron chi connectivity index (χ4n) is 3.58. The minimum Gasteiger partial charge on any atom is -0.476 e. The zero-order valence-corrected chi connectivity index (χ0v) is 18.5. The second-order valence-electron chi connectivity index (χ2n) is 7.62. The molecular formula is C23H29N7O2. The van der Waals surface area contributed by atoms with Crippen molar-refractivity contribution in [2.45, 2.75) is 13.8 Å². The van der Waals surface area contributed by atoms with Gasteiger partial charge in [-0.25, -0.2) is 0 Å². The Morgan fingerprint density at radius 1 is 1.25 bits per heavy atom. The van der Waals surface area contributed by atoms with Crippen LogP contribution in [0.4, 0.5) is 17.5 Å². The van der Waals surface area contributed by atoms with E-state index in [1.54, 1.807) is 12.3 Å². The normalized spacial score (nSPS) is 14.7. The third-order valence-corrected chi connectivity index (χ3v) is 5.44. The van der Waals surface area contributed by atoms with Crippen molar-refractivity contribution in [1.29, 1.82) is 0 Å². The number of aromatic amines is 1. The molecule has 0 spiro atoms. The molecular weight excluding hydrogens is 406 g/mol. The smallest absolute Gasteiger partial charge is 0.232 e. The minimum atomic E-state index is 0.408. The van der Waals surface area contributed by atoms with E-state index in [0.29, 0.717) is 24.3 Å². The zero-order chi connectivity index (χ0) is 22.3. The summed E-state index contributed by atoms with van der Waals surface area (Å²) in [7, 11) is 0. The Kier molecular flexibility index (Phi) is 6.98. The number of ether oxygens (including phenoxy) is 2. The van der Waals surface area contributed by atoms with Crippen LogP contribution in [0.2, 0.25) is 0 Å². The quantitative estimate of drug-likeness (QED) is 0.442. The fraction of sp³-hybridized carbons (Fsp3) is 0.348. The molecule has 0 amide bonds. The van der Waals surface area contributed by atoms with E-state index in [0.717, 1.165) is 44.1 Å². The number of rotatable bonds is 9. The van der Waals surface area contributed by atoms with Crippen molar-refractivity contribution in [1.82, 2.24) is 19.9 Å². The van der Waals surface area contributed by atoms with Gasteiger partial charge in [-0.15, -0.1) is 0 Å². The molecule has 4 rings (SSSR count). The van der Waals surface area contributed by atoms with Crippen LogP contribution in [-0.2, 0) is 4.74 Å². The lowest BCUT2D eigenvalue weighted by molar-refractivity contribution is 0.0320. The highest BCUT2D eigenvalue weighted by molar-refractivity contribution is 5.88. The lowest BCUT2D eigenvalue weighted by Gasteiger charge is -2.26. The number of aryl methyl sites for hydroxylation is 2. The molecule has 3 aromatic rings. The molecule has 1 aliphatic rings. The van der Waals surface area contributed by atoms with Gasteiger partial charge in [-0.1, -0.05) is 0 Å². The molecule has 1 aromatic carbocycles. The molecule has 3 heterocycles. The van der Waals surface area contributed by atoms with Gasteiger partial charge in [-0.05, 0) is 44.3 Å². The Bertz CT molecular complexity index is 1100. The first kappa shape index (κ1) is 21.8. The van der Waals surface area contributed by atoms with Gasteiger partial charge in [0.1, 0.15) is 12.4 Å². The van der Waals surface area contributed by atoms with Crippen molar-refractivity contribution >= 4 is 35.1 Å². The molecule has 0 aliphatic carbocycles. The van der Waals surface area contributed by atoms with Gasteiger partial charge in [0.25, 0.3) is 0 Å². The molecule has 0 saturated carbocycles. The zero-order valence-electron chi connectivity index (χ0n) is 18.5. The predicted octanol–water partition coefficient (Wildman–Crippen LogP) is 3.61. The van der Waals surface area contributed by atoms with E-state index < -0.39 is 0 Å². The fourth-order valence-corrected chi connectivity index (χ4v) is 3.58. The van der Waals surface area contributed by atoms with E-state index in [4.69, 9.17) is 9.47 Å². The van der Waals surface area contributed by atoms with Crippen LogP contribution in [0.3, 0.4) is 0 Å². The summed E-state index contributed by atoms with van der Waals surface area (Å²) >= 11 is 0. The molecule has 0 unspecified atom stereocenters. The molecule has 9 nitrogen and oxygen atoms in total. The number of benzene rings is 1. The Hall–Kier alpha value is -3.43. The number of fused-ring (bicyclic) bond motifs is 1. The highest BCUT2D eigenvalue weighted by atomic mass is 16.5. The summed E-state index contributed by atoms with van der Waals surface area (Å²) < 4.78 is 11.3. The largest absolute Gasteiger partial charge is 0.476 e. The number of anilines is 3. The molecule has 1 fully saturated rings. The van der Waals surface area contributed by atoms with Gasteiger partial charge in [-0.3, -0.25) is 9.89 Å². The predicted molar refractivity (Wildman–Crippen MR) is 128 cm³/mol. The minimum absolute atomic E-state index is 0.408. The topological polar surface area (TPSA) is 99.7 Å².